The van der Waals surface area contributed by atoms with Crippen molar-refractivity contribution in [2.45, 2.75) is 37.7 Å². The molecule has 2 N–H and O–H groups in total. The summed E-state index contributed by atoms with van der Waals surface area (Å²) in [4.78, 5) is 18.5. The van der Waals surface area contributed by atoms with E-state index in [4.69, 9.17) is 9.26 Å². The van der Waals surface area contributed by atoms with Crippen molar-refractivity contribution < 1.29 is 24.3 Å². The molecule has 2 aliphatic rings. The Labute approximate surface area is 156 Å². The second kappa shape index (κ2) is 6.84. The van der Waals surface area contributed by atoms with Crippen LogP contribution in [0.25, 0.3) is 0 Å². The van der Waals surface area contributed by atoms with Gasteiger partial charge in [-0.15, -0.1) is 0 Å². The summed E-state index contributed by atoms with van der Waals surface area (Å²) in [6, 6.07) is 7.27. The molecule has 2 fully saturated rings. The van der Waals surface area contributed by atoms with E-state index < -0.39 is 17.5 Å². The summed E-state index contributed by atoms with van der Waals surface area (Å²) in [5, 5.41) is 24.7. The third-order valence-electron chi connectivity index (χ3n) is 5.50. The monoisotopic (exact) mass is 373 g/mol. The van der Waals surface area contributed by atoms with Crippen LogP contribution in [0.4, 0.5) is 5.95 Å². The van der Waals surface area contributed by atoms with Crippen molar-refractivity contribution in [1.82, 2.24) is 10.1 Å². The zero-order chi connectivity index (χ0) is 19.0. The first-order valence-corrected chi connectivity index (χ1v) is 9.15. The van der Waals surface area contributed by atoms with Crippen LogP contribution in [0.1, 0.15) is 36.6 Å². The van der Waals surface area contributed by atoms with Crippen LogP contribution in [0, 0.1) is 5.41 Å². The fraction of sp³-hybridized carbons (Fsp3) is 0.526. The highest BCUT2D eigenvalue weighted by Crippen LogP contribution is 2.41. The molecule has 1 aromatic carbocycles. The maximum atomic E-state index is 12.3. The first-order valence-electron chi connectivity index (χ1n) is 9.15. The number of carbonyl (C=O) groups is 1. The quantitative estimate of drug-likeness (QED) is 0.789. The molecular formula is C19H23N3O5. The zero-order valence-electron chi connectivity index (χ0n) is 15.2. The van der Waals surface area contributed by atoms with E-state index in [1.165, 1.54) is 0 Å². The van der Waals surface area contributed by atoms with E-state index in [9.17, 15) is 15.0 Å². The van der Waals surface area contributed by atoms with Gasteiger partial charge >= 0.3 is 5.97 Å². The molecule has 0 amide bonds. The highest BCUT2D eigenvalue weighted by Gasteiger charge is 2.50. The third kappa shape index (κ3) is 3.37. The minimum Gasteiger partial charge on any atom is -0.497 e. The summed E-state index contributed by atoms with van der Waals surface area (Å²) >= 11 is 0. The van der Waals surface area contributed by atoms with E-state index in [1.807, 2.05) is 12.1 Å². The number of methoxy groups -OCH3 is 1. The number of aliphatic carboxylic acids is 1. The number of anilines is 1. The van der Waals surface area contributed by atoms with Gasteiger partial charge in [-0.3, -0.25) is 4.79 Å². The van der Waals surface area contributed by atoms with Gasteiger partial charge in [-0.1, -0.05) is 12.1 Å². The lowest BCUT2D eigenvalue weighted by Crippen LogP contribution is -2.57. The molecule has 2 atom stereocenters. The van der Waals surface area contributed by atoms with Crippen molar-refractivity contribution in [3.63, 3.8) is 0 Å². The van der Waals surface area contributed by atoms with Crippen LogP contribution in [0.5, 0.6) is 5.75 Å². The van der Waals surface area contributed by atoms with Crippen LogP contribution in [0.2, 0.25) is 0 Å². The van der Waals surface area contributed by atoms with Crippen molar-refractivity contribution in [1.29, 1.82) is 0 Å². The first-order chi connectivity index (χ1) is 13.0. The topological polar surface area (TPSA) is 109 Å². The molecule has 8 heteroatoms. The average molecular weight is 373 g/mol. The van der Waals surface area contributed by atoms with Crippen LogP contribution in [-0.4, -0.2) is 52.6 Å². The van der Waals surface area contributed by atoms with Crippen LogP contribution >= 0.6 is 0 Å². The number of hydrogen-bond acceptors (Lipinski definition) is 7. The number of carboxylic acid groups (broad SMARTS) is 1. The number of piperidine rings is 1. The van der Waals surface area contributed by atoms with E-state index in [0.29, 0.717) is 36.5 Å². The van der Waals surface area contributed by atoms with Gasteiger partial charge in [0.1, 0.15) is 11.2 Å². The number of carboxylic acids is 1. The zero-order valence-corrected chi connectivity index (χ0v) is 15.2. The van der Waals surface area contributed by atoms with Gasteiger partial charge in [0.15, 0.2) is 0 Å². The minimum atomic E-state index is -1.36. The van der Waals surface area contributed by atoms with Gasteiger partial charge in [0.05, 0.1) is 13.2 Å². The molecule has 0 radical (unpaired) electrons. The van der Waals surface area contributed by atoms with Gasteiger partial charge in [0.2, 0.25) is 5.89 Å². The second-order valence-corrected chi connectivity index (χ2v) is 7.42. The molecule has 27 heavy (non-hydrogen) atoms. The maximum absolute atomic E-state index is 12.3. The van der Waals surface area contributed by atoms with Crippen molar-refractivity contribution >= 4 is 11.9 Å². The molecule has 2 aromatic rings. The standard InChI is InChI=1S/C19H23N3O5/c1-26-14-4-2-3-12(9-14)10-19(17(24)25)11-22(8-7-15(19)23)18-20-16(27-21-18)13-5-6-13/h2-4,9,13,15,23H,5-8,10-11H2,1H3,(H,24,25)/t15-,19+/m0/s1. The molecule has 8 nitrogen and oxygen atoms in total. The molecule has 1 aliphatic heterocycles. The number of ether oxygens (including phenoxy) is 1. The van der Waals surface area contributed by atoms with Crippen molar-refractivity contribution in [3.05, 3.63) is 35.7 Å². The van der Waals surface area contributed by atoms with Gasteiger partial charge in [0.25, 0.3) is 5.95 Å². The first kappa shape index (κ1) is 17.8. The number of aliphatic hydroxyl groups is 1. The molecule has 0 spiro atoms. The lowest BCUT2D eigenvalue weighted by molar-refractivity contribution is -0.157. The minimum absolute atomic E-state index is 0.115. The van der Waals surface area contributed by atoms with E-state index >= 15 is 0 Å². The summed E-state index contributed by atoms with van der Waals surface area (Å²) in [5.74, 6) is 0.975. The van der Waals surface area contributed by atoms with Gasteiger partial charge in [0, 0.05) is 19.0 Å². The molecule has 0 unspecified atom stereocenters. The molecule has 4 rings (SSSR count). The summed E-state index contributed by atoms with van der Waals surface area (Å²) in [5.41, 5.74) is -0.560. The highest BCUT2D eigenvalue weighted by atomic mass is 16.5. The molecule has 1 saturated heterocycles. The Hall–Kier alpha value is -2.61. The fourth-order valence-corrected chi connectivity index (χ4v) is 3.71. The highest BCUT2D eigenvalue weighted by molar-refractivity contribution is 5.77. The molecule has 0 bridgehead atoms. The molecule has 1 aliphatic carbocycles. The molecule has 1 saturated carbocycles. The summed E-state index contributed by atoms with van der Waals surface area (Å²) in [6.45, 7) is 0.600. The number of aliphatic hydroxyl groups excluding tert-OH is 1. The normalized spacial score (nSPS) is 25.4. The Kier molecular flexibility index (Phi) is 4.51. The maximum Gasteiger partial charge on any atom is 0.314 e. The van der Waals surface area contributed by atoms with Crippen LogP contribution in [0.3, 0.4) is 0 Å². The Morgan fingerprint density at radius 2 is 2.22 bits per heavy atom. The van der Waals surface area contributed by atoms with Crippen LogP contribution in [-0.2, 0) is 11.2 Å². The average Bonchev–Trinajstić information content (AvgIpc) is 3.40. The number of hydrogen-bond donors (Lipinski definition) is 2. The fourth-order valence-electron chi connectivity index (χ4n) is 3.71. The number of benzene rings is 1. The Bertz CT molecular complexity index is 834. The Morgan fingerprint density at radius 1 is 1.41 bits per heavy atom. The van der Waals surface area contributed by atoms with E-state index in [0.717, 1.165) is 18.4 Å². The third-order valence-corrected chi connectivity index (χ3v) is 5.50. The van der Waals surface area contributed by atoms with Gasteiger partial charge in [-0.2, -0.15) is 4.98 Å². The van der Waals surface area contributed by atoms with Crippen LogP contribution < -0.4 is 9.64 Å². The summed E-state index contributed by atoms with van der Waals surface area (Å²) in [7, 11) is 1.57. The number of aromatic nitrogens is 2. The summed E-state index contributed by atoms with van der Waals surface area (Å²) < 4.78 is 10.5. The van der Waals surface area contributed by atoms with Gasteiger partial charge < -0.3 is 24.4 Å². The molecular weight excluding hydrogens is 350 g/mol. The Morgan fingerprint density at radius 3 is 2.93 bits per heavy atom. The van der Waals surface area contributed by atoms with Gasteiger partial charge in [-0.05, 0) is 48.5 Å². The lowest BCUT2D eigenvalue weighted by atomic mass is 9.73. The van der Waals surface area contributed by atoms with Crippen LogP contribution in [0.15, 0.2) is 28.8 Å². The van der Waals surface area contributed by atoms with E-state index in [1.54, 1.807) is 24.1 Å². The number of nitrogens with zero attached hydrogens (tertiary/aromatic N) is 3. The van der Waals surface area contributed by atoms with Crippen molar-refractivity contribution in [2.24, 2.45) is 5.41 Å². The number of rotatable bonds is 6. The van der Waals surface area contributed by atoms with Gasteiger partial charge in [-0.25, -0.2) is 0 Å². The molecule has 1 aromatic heterocycles. The molecule has 2 heterocycles. The summed E-state index contributed by atoms with van der Waals surface area (Å²) in [6.07, 6.45) is 1.64. The Balaban J connectivity index is 1.61. The largest absolute Gasteiger partial charge is 0.497 e. The van der Waals surface area contributed by atoms with E-state index in [2.05, 4.69) is 10.1 Å². The molecule has 144 valence electrons. The second-order valence-electron chi connectivity index (χ2n) is 7.42. The van der Waals surface area contributed by atoms with Crippen molar-refractivity contribution in [2.75, 3.05) is 25.1 Å². The van der Waals surface area contributed by atoms with Crippen molar-refractivity contribution in [3.8, 4) is 5.75 Å². The smallest absolute Gasteiger partial charge is 0.314 e. The SMILES string of the molecule is COc1cccc(C[C@@]2(C(=O)O)CN(c3noc(C4CC4)n3)CC[C@@H]2O)c1. The lowest BCUT2D eigenvalue weighted by Gasteiger charge is -2.43. The predicted octanol–water partition coefficient (Wildman–Crippen LogP) is 1.84. The predicted molar refractivity (Wildman–Crippen MR) is 95.9 cm³/mol. The van der Waals surface area contributed by atoms with E-state index in [-0.39, 0.29) is 13.0 Å².